The van der Waals surface area contributed by atoms with E-state index in [1.54, 1.807) is 12.7 Å². The SMILES string of the molecule is O=C1c2ccccc2-c2ncnc3cccc1c23.c1ccc2cc3c(ccc4ncncc43)cc2c1. The number of nitrogens with zero attached hydrogens (tertiary/aromatic N) is 4. The largest absolute Gasteiger partial charge is 0.289 e. The molecule has 5 nitrogen and oxygen atoms in total. The predicted molar refractivity (Wildman–Crippen MR) is 143 cm³/mol. The average Bonchev–Trinajstić information content (AvgIpc) is 2.95. The topological polar surface area (TPSA) is 68.6 Å². The van der Waals surface area contributed by atoms with Crippen LogP contribution in [0.15, 0.2) is 110 Å². The van der Waals surface area contributed by atoms with Crippen LogP contribution >= 0.6 is 0 Å². The molecule has 0 fully saturated rings. The first-order valence-electron chi connectivity index (χ1n) is 11.7. The molecule has 5 heteroatoms. The lowest BCUT2D eigenvalue weighted by Gasteiger charge is -2.17. The van der Waals surface area contributed by atoms with E-state index in [1.165, 1.54) is 21.5 Å². The smallest absolute Gasteiger partial charge is 0.194 e. The van der Waals surface area contributed by atoms with Gasteiger partial charge in [-0.1, -0.05) is 66.7 Å². The number of carbonyl (C=O) groups is 1. The number of hydrogen-bond acceptors (Lipinski definition) is 5. The van der Waals surface area contributed by atoms with Crippen LogP contribution < -0.4 is 0 Å². The van der Waals surface area contributed by atoms with Crippen molar-refractivity contribution in [3.63, 3.8) is 0 Å². The fourth-order valence-electron chi connectivity index (χ4n) is 5.01. The number of fused-ring (bicyclic) bond motifs is 6. The van der Waals surface area contributed by atoms with Crippen LogP contribution in [0.1, 0.15) is 15.9 Å². The summed E-state index contributed by atoms with van der Waals surface area (Å²) < 4.78 is 0. The van der Waals surface area contributed by atoms with Gasteiger partial charge in [-0.25, -0.2) is 19.9 Å². The summed E-state index contributed by atoms with van der Waals surface area (Å²) in [6, 6.07) is 30.2. The zero-order chi connectivity index (χ0) is 24.1. The first-order valence-corrected chi connectivity index (χ1v) is 11.7. The monoisotopic (exact) mass is 462 g/mol. The molecule has 168 valence electrons. The van der Waals surface area contributed by atoms with E-state index < -0.39 is 0 Å². The number of ketones is 1. The van der Waals surface area contributed by atoms with Gasteiger partial charge in [0.25, 0.3) is 0 Å². The van der Waals surface area contributed by atoms with Gasteiger partial charge in [0.15, 0.2) is 5.78 Å². The molecular weight excluding hydrogens is 444 g/mol. The highest BCUT2D eigenvalue weighted by molar-refractivity contribution is 6.24. The van der Waals surface area contributed by atoms with E-state index in [2.05, 4.69) is 62.4 Å². The van der Waals surface area contributed by atoms with E-state index in [4.69, 9.17) is 0 Å². The molecule has 0 N–H and O–H groups in total. The molecule has 8 rings (SSSR count). The van der Waals surface area contributed by atoms with Crippen molar-refractivity contribution in [1.82, 2.24) is 19.9 Å². The fourth-order valence-corrected chi connectivity index (χ4v) is 5.01. The molecule has 0 radical (unpaired) electrons. The number of hydrogen-bond donors (Lipinski definition) is 0. The average molecular weight is 463 g/mol. The van der Waals surface area contributed by atoms with Gasteiger partial charge < -0.3 is 0 Å². The molecule has 0 saturated heterocycles. The van der Waals surface area contributed by atoms with E-state index in [0.717, 1.165) is 38.6 Å². The molecule has 1 aliphatic carbocycles. The van der Waals surface area contributed by atoms with Crippen LogP contribution in [-0.2, 0) is 0 Å². The quantitative estimate of drug-likeness (QED) is 0.184. The normalized spacial score (nSPS) is 11.9. The van der Waals surface area contributed by atoms with Crippen LogP contribution in [0.25, 0.3) is 54.6 Å². The minimum atomic E-state index is 0.0542. The van der Waals surface area contributed by atoms with Gasteiger partial charge in [-0.05, 0) is 45.8 Å². The van der Waals surface area contributed by atoms with E-state index in [9.17, 15) is 4.79 Å². The first kappa shape index (κ1) is 20.4. The summed E-state index contributed by atoms with van der Waals surface area (Å²) in [6.45, 7) is 0. The first-order chi connectivity index (χ1) is 17.8. The van der Waals surface area contributed by atoms with Crippen LogP contribution in [0.2, 0.25) is 0 Å². The number of rotatable bonds is 0. The van der Waals surface area contributed by atoms with Crippen molar-refractivity contribution in [2.24, 2.45) is 0 Å². The lowest BCUT2D eigenvalue weighted by molar-refractivity contribution is 0.104. The molecule has 36 heavy (non-hydrogen) atoms. The van der Waals surface area contributed by atoms with Crippen LogP contribution in [0.3, 0.4) is 0 Å². The minimum absolute atomic E-state index is 0.0542. The Labute approximate surface area is 206 Å². The molecule has 2 heterocycles. The van der Waals surface area contributed by atoms with E-state index in [0.29, 0.717) is 5.56 Å². The van der Waals surface area contributed by atoms with Crippen LogP contribution in [0.5, 0.6) is 0 Å². The molecule has 0 unspecified atom stereocenters. The van der Waals surface area contributed by atoms with Gasteiger partial charge in [-0.2, -0.15) is 0 Å². The van der Waals surface area contributed by atoms with Gasteiger partial charge in [-0.15, -0.1) is 0 Å². The third-order valence-electron chi connectivity index (χ3n) is 6.71. The zero-order valence-electron chi connectivity index (χ0n) is 19.1. The molecule has 0 bridgehead atoms. The minimum Gasteiger partial charge on any atom is -0.289 e. The molecule has 5 aromatic carbocycles. The Bertz CT molecular complexity index is 1970. The summed E-state index contributed by atoms with van der Waals surface area (Å²) in [5.74, 6) is 0.0542. The Morgan fingerprint density at radius 2 is 1.28 bits per heavy atom. The summed E-state index contributed by atoms with van der Waals surface area (Å²) in [5.41, 5.74) is 4.98. The van der Waals surface area contributed by atoms with Crippen LogP contribution in [-0.4, -0.2) is 25.7 Å². The maximum absolute atomic E-state index is 12.4. The van der Waals surface area contributed by atoms with Gasteiger partial charge in [0, 0.05) is 33.7 Å². The van der Waals surface area contributed by atoms with Crippen LogP contribution in [0.4, 0.5) is 0 Å². The Morgan fingerprint density at radius 3 is 2.17 bits per heavy atom. The highest BCUT2D eigenvalue weighted by Gasteiger charge is 2.25. The molecular formula is C31H18N4O. The highest BCUT2D eigenvalue weighted by Crippen LogP contribution is 2.36. The molecule has 2 aromatic heterocycles. The Morgan fingerprint density at radius 1 is 0.528 bits per heavy atom. The van der Waals surface area contributed by atoms with Crippen molar-refractivity contribution in [1.29, 1.82) is 0 Å². The maximum Gasteiger partial charge on any atom is 0.194 e. The Balaban J connectivity index is 0.000000122. The molecule has 0 aliphatic heterocycles. The fraction of sp³-hybridized carbons (Fsp3) is 0. The standard InChI is InChI=1S/C16H10N2.C15H8N2O/c1-2-4-12-8-14-13(7-11(12)3-1)5-6-16-15(14)9-17-10-18-16;18-15-10-5-2-1-4-9(10)14-13-11(15)6-3-7-12(13)16-8-17-14/h1-10H;1-8H. The summed E-state index contributed by atoms with van der Waals surface area (Å²) in [7, 11) is 0. The van der Waals surface area contributed by atoms with Gasteiger partial charge in [0.05, 0.1) is 16.7 Å². The molecule has 0 atom stereocenters. The molecule has 0 amide bonds. The molecule has 7 aromatic rings. The lowest BCUT2D eigenvalue weighted by Crippen LogP contribution is -2.11. The van der Waals surface area contributed by atoms with Gasteiger partial charge >= 0.3 is 0 Å². The van der Waals surface area contributed by atoms with Crippen molar-refractivity contribution in [2.75, 3.05) is 0 Å². The third-order valence-corrected chi connectivity index (χ3v) is 6.71. The van der Waals surface area contributed by atoms with E-state index >= 15 is 0 Å². The third kappa shape index (κ3) is 3.14. The molecule has 0 spiro atoms. The van der Waals surface area contributed by atoms with Gasteiger partial charge in [0.2, 0.25) is 0 Å². The van der Waals surface area contributed by atoms with Crippen molar-refractivity contribution in [3.8, 4) is 11.3 Å². The second-order valence-electron chi connectivity index (χ2n) is 8.74. The maximum atomic E-state index is 12.4. The molecule has 0 saturated carbocycles. The summed E-state index contributed by atoms with van der Waals surface area (Å²) in [4.78, 5) is 29.4. The zero-order valence-corrected chi connectivity index (χ0v) is 19.1. The Kier molecular flexibility index (Phi) is 4.54. The van der Waals surface area contributed by atoms with Crippen molar-refractivity contribution >= 4 is 49.1 Å². The summed E-state index contributed by atoms with van der Waals surface area (Å²) >= 11 is 0. The second-order valence-corrected chi connectivity index (χ2v) is 8.74. The number of benzene rings is 5. The summed E-state index contributed by atoms with van der Waals surface area (Å²) in [6.07, 6.45) is 5.03. The van der Waals surface area contributed by atoms with Crippen molar-refractivity contribution in [3.05, 3.63) is 121 Å². The number of carbonyl (C=O) groups excluding carboxylic acids is 1. The Hall–Kier alpha value is -5.03. The van der Waals surface area contributed by atoms with Gasteiger partial charge in [0.1, 0.15) is 12.7 Å². The van der Waals surface area contributed by atoms with Crippen molar-refractivity contribution < 1.29 is 4.79 Å². The van der Waals surface area contributed by atoms with E-state index in [1.807, 2.05) is 54.7 Å². The lowest BCUT2D eigenvalue weighted by atomic mass is 9.87. The van der Waals surface area contributed by atoms with Crippen LogP contribution in [0, 0.1) is 0 Å². The second kappa shape index (κ2) is 8.03. The van der Waals surface area contributed by atoms with Crippen molar-refractivity contribution in [2.45, 2.75) is 0 Å². The predicted octanol–water partition coefficient (Wildman–Crippen LogP) is 6.78. The summed E-state index contributed by atoms with van der Waals surface area (Å²) in [5, 5.41) is 6.94. The van der Waals surface area contributed by atoms with Gasteiger partial charge in [-0.3, -0.25) is 4.79 Å². The molecule has 1 aliphatic rings. The van der Waals surface area contributed by atoms with E-state index in [-0.39, 0.29) is 5.78 Å². The highest BCUT2D eigenvalue weighted by atomic mass is 16.1. The number of aromatic nitrogens is 4.